The van der Waals surface area contributed by atoms with Gasteiger partial charge in [-0.3, -0.25) is 4.21 Å². The Bertz CT molecular complexity index is 637. The third-order valence-corrected chi connectivity index (χ3v) is 3.32. The van der Waals surface area contributed by atoms with Gasteiger partial charge in [-0.15, -0.1) is 0 Å². The van der Waals surface area contributed by atoms with Crippen LogP contribution in [0.25, 0.3) is 5.69 Å². The van der Waals surface area contributed by atoms with Crippen LogP contribution in [0.1, 0.15) is 10.5 Å². The third-order valence-electron chi connectivity index (χ3n) is 2.44. The smallest absolute Gasteiger partial charge is 0.358 e. The lowest BCUT2D eigenvalue weighted by Crippen LogP contribution is -2.05. The Morgan fingerprint density at radius 1 is 1.37 bits per heavy atom. The van der Waals surface area contributed by atoms with E-state index in [4.69, 9.17) is 0 Å². The predicted molar refractivity (Wildman–Crippen MR) is 67.2 cm³/mol. The van der Waals surface area contributed by atoms with Gasteiger partial charge in [-0.2, -0.15) is 5.10 Å². The molecule has 19 heavy (non-hydrogen) atoms. The van der Waals surface area contributed by atoms with Crippen molar-refractivity contribution in [2.45, 2.75) is 5.03 Å². The minimum Gasteiger partial charge on any atom is -0.464 e. The van der Waals surface area contributed by atoms with Crippen molar-refractivity contribution in [1.29, 1.82) is 0 Å². The first-order valence-corrected chi connectivity index (χ1v) is 6.86. The number of benzene rings is 1. The number of ether oxygens (including phenoxy) is 1. The summed E-state index contributed by atoms with van der Waals surface area (Å²) in [4.78, 5) is 11.4. The Morgan fingerprint density at radius 3 is 2.53 bits per heavy atom. The highest BCUT2D eigenvalue weighted by Gasteiger charge is 2.17. The summed E-state index contributed by atoms with van der Waals surface area (Å²) in [5.74, 6) is -1.00. The summed E-state index contributed by atoms with van der Waals surface area (Å²) in [7, 11) is -0.107. The number of halogens is 1. The van der Waals surface area contributed by atoms with E-state index in [1.54, 1.807) is 0 Å². The second kappa shape index (κ2) is 5.31. The molecule has 0 aliphatic carbocycles. The van der Waals surface area contributed by atoms with E-state index >= 15 is 0 Å². The average Bonchev–Trinajstić information content (AvgIpc) is 2.84. The van der Waals surface area contributed by atoms with Gasteiger partial charge in [0.2, 0.25) is 0 Å². The van der Waals surface area contributed by atoms with Crippen molar-refractivity contribution in [3.05, 3.63) is 41.8 Å². The average molecular weight is 282 g/mol. The molecule has 1 atom stereocenters. The van der Waals surface area contributed by atoms with Gasteiger partial charge in [-0.05, 0) is 24.3 Å². The van der Waals surface area contributed by atoms with Crippen molar-refractivity contribution in [1.82, 2.24) is 9.78 Å². The number of aromatic nitrogens is 2. The van der Waals surface area contributed by atoms with Gasteiger partial charge in [0.15, 0.2) is 5.69 Å². The minimum absolute atomic E-state index is 0.0528. The molecule has 0 radical (unpaired) electrons. The highest BCUT2D eigenvalue weighted by Crippen LogP contribution is 2.16. The monoisotopic (exact) mass is 282 g/mol. The molecule has 100 valence electrons. The highest BCUT2D eigenvalue weighted by molar-refractivity contribution is 7.84. The first kappa shape index (κ1) is 13.4. The second-order valence-corrected chi connectivity index (χ2v) is 5.03. The van der Waals surface area contributed by atoms with Crippen LogP contribution in [0.15, 0.2) is 35.4 Å². The van der Waals surface area contributed by atoms with Crippen LogP contribution >= 0.6 is 0 Å². The number of methoxy groups -OCH3 is 1. The number of rotatable bonds is 3. The van der Waals surface area contributed by atoms with Crippen LogP contribution in [-0.4, -0.2) is 33.3 Å². The summed E-state index contributed by atoms with van der Waals surface area (Å²) in [6.07, 6.45) is 1.47. The van der Waals surface area contributed by atoms with Gasteiger partial charge < -0.3 is 4.74 Å². The zero-order valence-electron chi connectivity index (χ0n) is 10.3. The van der Waals surface area contributed by atoms with E-state index in [0.717, 1.165) is 0 Å². The van der Waals surface area contributed by atoms with Crippen LogP contribution in [0.2, 0.25) is 0 Å². The molecule has 0 bridgehead atoms. The van der Waals surface area contributed by atoms with E-state index < -0.39 is 16.8 Å². The van der Waals surface area contributed by atoms with Crippen LogP contribution < -0.4 is 0 Å². The van der Waals surface area contributed by atoms with Gasteiger partial charge >= 0.3 is 5.97 Å². The summed E-state index contributed by atoms with van der Waals surface area (Å²) >= 11 is 0. The van der Waals surface area contributed by atoms with E-state index in [1.807, 2.05) is 0 Å². The van der Waals surface area contributed by atoms with Gasteiger partial charge in [0.1, 0.15) is 10.8 Å². The minimum atomic E-state index is -1.35. The Balaban J connectivity index is 2.54. The molecular weight excluding hydrogens is 271 g/mol. The van der Waals surface area contributed by atoms with E-state index in [1.165, 1.54) is 48.4 Å². The Morgan fingerprint density at radius 2 is 2.00 bits per heavy atom. The predicted octanol–water partition coefficient (Wildman–Crippen LogP) is 1.54. The normalized spacial score (nSPS) is 12.2. The maximum absolute atomic E-state index is 12.9. The summed E-state index contributed by atoms with van der Waals surface area (Å²) < 4.78 is 30.4. The number of nitrogens with zero attached hydrogens (tertiary/aromatic N) is 2. The lowest BCUT2D eigenvalue weighted by molar-refractivity contribution is 0.0593. The fraction of sp³-hybridized carbons (Fsp3) is 0.167. The zero-order valence-corrected chi connectivity index (χ0v) is 11.1. The Labute approximate surface area is 111 Å². The fourth-order valence-electron chi connectivity index (χ4n) is 1.54. The lowest BCUT2D eigenvalue weighted by Gasteiger charge is -2.04. The van der Waals surface area contributed by atoms with Crippen molar-refractivity contribution in [3.63, 3.8) is 0 Å². The molecule has 0 aliphatic heterocycles. The van der Waals surface area contributed by atoms with Crippen molar-refractivity contribution in [2.75, 3.05) is 13.4 Å². The number of carbonyl (C=O) groups excluding carboxylic acids is 1. The molecule has 2 aromatic rings. The molecule has 0 saturated heterocycles. The van der Waals surface area contributed by atoms with Crippen molar-refractivity contribution in [2.24, 2.45) is 0 Å². The Kier molecular flexibility index (Phi) is 3.75. The van der Waals surface area contributed by atoms with Crippen molar-refractivity contribution >= 4 is 16.8 Å². The molecule has 0 N–H and O–H groups in total. The van der Waals surface area contributed by atoms with Gasteiger partial charge in [0.05, 0.1) is 23.6 Å². The SMILES string of the molecule is COC(=O)c1cc(S(C)=O)n(-c2ccc(F)cc2)n1. The van der Waals surface area contributed by atoms with Gasteiger partial charge in [0.25, 0.3) is 0 Å². The third kappa shape index (κ3) is 2.70. The number of esters is 1. The van der Waals surface area contributed by atoms with Gasteiger partial charge in [0, 0.05) is 12.3 Å². The van der Waals surface area contributed by atoms with Crippen LogP contribution in [-0.2, 0) is 15.5 Å². The number of carbonyl (C=O) groups is 1. The fourth-order valence-corrected chi connectivity index (χ4v) is 2.21. The highest BCUT2D eigenvalue weighted by atomic mass is 32.2. The maximum Gasteiger partial charge on any atom is 0.358 e. The van der Waals surface area contributed by atoms with E-state index in [-0.39, 0.29) is 11.5 Å². The molecule has 2 rings (SSSR count). The summed E-state index contributed by atoms with van der Waals surface area (Å²) in [5, 5.41) is 4.37. The van der Waals surface area contributed by atoms with Crippen molar-refractivity contribution in [3.8, 4) is 5.69 Å². The first-order valence-electron chi connectivity index (χ1n) is 5.30. The largest absolute Gasteiger partial charge is 0.464 e. The van der Waals surface area contributed by atoms with E-state index in [0.29, 0.717) is 10.7 Å². The molecule has 0 amide bonds. The number of hydrogen-bond acceptors (Lipinski definition) is 4. The molecular formula is C12H11FN2O3S. The molecule has 5 nitrogen and oxygen atoms in total. The molecule has 1 heterocycles. The van der Waals surface area contributed by atoms with Crippen LogP contribution in [0.5, 0.6) is 0 Å². The molecule has 0 fully saturated rings. The molecule has 0 saturated carbocycles. The van der Waals surface area contributed by atoms with Crippen LogP contribution in [0.4, 0.5) is 4.39 Å². The lowest BCUT2D eigenvalue weighted by atomic mass is 10.3. The van der Waals surface area contributed by atoms with Crippen molar-refractivity contribution < 1.29 is 18.1 Å². The maximum atomic E-state index is 12.9. The summed E-state index contributed by atoms with van der Waals surface area (Å²) in [6.45, 7) is 0. The topological polar surface area (TPSA) is 61.2 Å². The van der Waals surface area contributed by atoms with Crippen LogP contribution in [0.3, 0.4) is 0 Å². The molecule has 1 aromatic carbocycles. The quantitative estimate of drug-likeness (QED) is 0.801. The summed E-state index contributed by atoms with van der Waals surface area (Å²) in [5.41, 5.74) is 0.568. The van der Waals surface area contributed by atoms with Crippen LogP contribution in [0, 0.1) is 5.82 Å². The van der Waals surface area contributed by atoms with E-state index in [2.05, 4.69) is 9.84 Å². The molecule has 1 unspecified atom stereocenters. The Hall–Kier alpha value is -2.02. The van der Waals surface area contributed by atoms with Gasteiger partial charge in [-0.25, -0.2) is 13.9 Å². The van der Waals surface area contributed by atoms with Gasteiger partial charge in [-0.1, -0.05) is 0 Å². The molecule has 0 spiro atoms. The second-order valence-electron chi connectivity index (χ2n) is 3.70. The summed E-state index contributed by atoms with van der Waals surface area (Å²) in [6, 6.07) is 6.89. The molecule has 1 aromatic heterocycles. The first-order chi connectivity index (χ1) is 9.02. The molecule has 7 heteroatoms. The molecule has 0 aliphatic rings. The number of hydrogen-bond donors (Lipinski definition) is 0. The standard InChI is InChI=1S/C12H11FN2O3S/c1-18-12(16)10-7-11(19(2)17)15(14-10)9-5-3-8(13)4-6-9/h3-7H,1-2H3. The zero-order chi connectivity index (χ0) is 14.0. The van der Waals surface area contributed by atoms with E-state index in [9.17, 15) is 13.4 Å².